The third kappa shape index (κ3) is 5.26. The molecule has 3 nitrogen and oxygen atoms in total. The minimum absolute atomic E-state index is 0.311. The molecule has 1 aromatic rings. The van der Waals surface area contributed by atoms with Gasteiger partial charge in [-0.1, -0.05) is 5.46 Å². The zero-order valence-corrected chi connectivity index (χ0v) is 8.76. The van der Waals surface area contributed by atoms with Gasteiger partial charge < -0.3 is 22.4 Å². The van der Waals surface area contributed by atoms with Gasteiger partial charge in [-0.3, -0.25) is 4.98 Å². The molecule has 0 N–H and O–H groups in total. The summed E-state index contributed by atoms with van der Waals surface area (Å²) in [5.74, 6) is -0.311. The van der Waals surface area contributed by atoms with Crippen LogP contribution in [0.3, 0.4) is 0 Å². The van der Waals surface area contributed by atoms with Crippen LogP contribution < -0.4 is 10.2 Å². The highest BCUT2D eigenvalue weighted by Crippen LogP contribution is 2.15. The maximum absolute atomic E-state index is 12.3. The van der Waals surface area contributed by atoms with Gasteiger partial charge in [0.05, 0.1) is 6.20 Å². The highest BCUT2D eigenvalue weighted by atomic mass is 19.4. The fraction of sp³-hybridized carbons (Fsp3) is 0.375. The number of aromatic nitrogens is 1. The maximum atomic E-state index is 12.3. The second-order valence-electron chi connectivity index (χ2n) is 3.25. The number of rotatable bonds is 5. The van der Waals surface area contributed by atoms with Crippen LogP contribution in [0.25, 0.3) is 0 Å². The first-order chi connectivity index (χ1) is 8.18. The average molecular weight is 274 g/mol. The molecular formula is C8H7BF6NO2-. The lowest BCUT2D eigenvalue weighted by Crippen LogP contribution is -2.34. The largest absolute Gasteiger partial charge is 0.511 e. The number of hydrogen-bond acceptors (Lipinski definition) is 3. The van der Waals surface area contributed by atoms with E-state index in [0.717, 1.165) is 6.20 Å². The number of nitrogens with zero attached hydrogens (tertiary/aromatic N) is 1. The predicted molar refractivity (Wildman–Crippen MR) is 50.5 cm³/mol. The Kier molecular flexibility index (Phi) is 4.44. The van der Waals surface area contributed by atoms with E-state index in [1.165, 1.54) is 0 Å². The molecule has 0 spiro atoms. The average Bonchev–Trinajstić information content (AvgIpc) is 2.22. The second kappa shape index (κ2) is 5.47. The molecule has 0 fully saturated rings. The molecule has 0 bridgehead atoms. The van der Waals surface area contributed by atoms with Gasteiger partial charge in [0.1, 0.15) is 12.4 Å². The molecule has 0 atom stereocenters. The molecule has 0 aliphatic carbocycles. The van der Waals surface area contributed by atoms with Crippen molar-refractivity contribution in [2.75, 3.05) is 13.4 Å². The van der Waals surface area contributed by atoms with Crippen molar-refractivity contribution in [2.24, 2.45) is 0 Å². The van der Waals surface area contributed by atoms with Crippen molar-refractivity contribution in [1.82, 2.24) is 4.98 Å². The number of halogens is 6. The number of pyridine rings is 1. The molecular weight excluding hydrogens is 267 g/mol. The molecule has 0 aliphatic rings. The zero-order chi connectivity index (χ0) is 13.8. The van der Waals surface area contributed by atoms with Gasteiger partial charge in [-0.25, -0.2) is 0 Å². The molecule has 0 unspecified atom stereocenters. The molecule has 10 heteroatoms. The molecule has 18 heavy (non-hydrogen) atoms. The van der Waals surface area contributed by atoms with Crippen molar-refractivity contribution in [3.05, 3.63) is 18.5 Å². The normalized spacial score (nSPS) is 12.6. The molecule has 1 rings (SSSR count). The van der Waals surface area contributed by atoms with Crippen LogP contribution in [-0.4, -0.2) is 31.5 Å². The van der Waals surface area contributed by atoms with E-state index in [2.05, 4.69) is 14.5 Å². The van der Waals surface area contributed by atoms with Gasteiger partial charge in [0.2, 0.25) is 0 Å². The van der Waals surface area contributed by atoms with E-state index in [9.17, 15) is 26.1 Å². The van der Waals surface area contributed by atoms with Gasteiger partial charge in [-0.15, -0.1) is 0 Å². The van der Waals surface area contributed by atoms with Crippen molar-refractivity contribution < 1.29 is 35.6 Å². The number of alkyl halides is 3. The minimum atomic E-state index is -5.23. The Morgan fingerprint density at radius 3 is 2.39 bits per heavy atom. The van der Waals surface area contributed by atoms with Crippen LogP contribution in [0, 0.1) is 0 Å². The Balaban J connectivity index is 2.49. The number of ether oxygens (including phenoxy) is 2. The van der Waals surface area contributed by atoms with E-state index < -0.39 is 32.0 Å². The van der Waals surface area contributed by atoms with Crippen LogP contribution in [0.2, 0.25) is 0 Å². The van der Waals surface area contributed by atoms with E-state index in [4.69, 9.17) is 0 Å². The van der Waals surface area contributed by atoms with Crippen LogP contribution in [0.5, 0.6) is 5.75 Å². The quantitative estimate of drug-likeness (QED) is 0.356. The Labute approximate surface area is 97.8 Å². The van der Waals surface area contributed by atoms with Crippen LogP contribution >= 0.6 is 0 Å². The van der Waals surface area contributed by atoms with Gasteiger partial charge in [0, 0.05) is 6.20 Å². The Morgan fingerprint density at radius 2 is 1.83 bits per heavy atom. The Hall–Kier alpha value is -1.45. The lowest BCUT2D eigenvalue weighted by atomic mass is 9.81. The molecule has 1 aromatic heterocycles. The van der Waals surface area contributed by atoms with E-state index in [1.807, 2.05) is 0 Å². The monoisotopic (exact) mass is 274 g/mol. The van der Waals surface area contributed by atoms with Crippen molar-refractivity contribution in [2.45, 2.75) is 6.18 Å². The first kappa shape index (κ1) is 14.6. The van der Waals surface area contributed by atoms with E-state index in [0.29, 0.717) is 12.3 Å². The molecule has 1 heterocycles. The molecule has 0 amide bonds. The lowest BCUT2D eigenvalue weighted by molar-refractivity contribution is -0.186. The molecule has 0 radical (unpaired) electrons. The van der Waals surface area contributed by atoms with Gasteiger partial charge in [0.15, 0.2) is 6.79 Å². The molecule has 0 saturated heterocycles. The van der Waals surface area contributed by atoms with Crippen molar-refractivity contribution >= 4 is 12.4 Å². The first-order valence-electron chi connectivity index (χ1n) is 4.61. The SMILES string of the molecule is F[B-](F)(F)c1cncc(OCOCC(F)(F)F)c1. The fourth-order valence-electron chi connectivity index (χ4n) is 0.961. The summed E-state index contributed by atoms with van der Waals surface area (Å²) in [5.41, 5.74) is -0.997. The molecule has 0 aliphatic heterocycles. The smallest absolute Gasteiger partial charge is 0.466 e. The van der Waals surface area contributed by atoms with Gasteiger partial charge >= 0.3 is 13.2 Å². The zero-order valence-electron chi connectivity index (χ0n) is 8.76. The lowest BCUT2D eigenvalue weighted by Gasteiger charge is -2.15. The summed E-state index contributed by atoms with van der Waals surface area (Å²) in [4.78, 5) is 3.27. The fourth-order valence-corrected chi connectivity index (χ4v) is 0.961. The topological polar surface area (TPSA) is 31.4 Å². The summed E-state index contributed by atoms with van der Waals surface area (Å²) in [6.45, 7) is -7.58. The van der Waals surface area contributed by atoms with E-state index in [1.54, 1.807) is 0 Å². The Bertz CT molecular complexity index is 394. The van der Waals surface area contributed by atoms with Gasteiger partial charge in [-0.05, 0) is 6.07 Å². The molecule has 0 saturated carbocycles. The third-order valence-electron chi connectivity index (χ3n) is 1.69. The summed E-state index contributed by atoms with van der Waals surface area (Å²) in [5, 5.41) is 0. The highest BCUT2D eigenvalue weighted by molar-refractivity contribution is 6.73. The summed E-state index contributed by atoms with van der Waals surface area (Å²) < 4.78 is 80.5. The number of hydrogen-bond donors (Lipinski definition) is 0. The first-order valence-corrected chi connectivity index (χ1v) is 4.61. The van der Waals surface area contributed by atoms with Crippen LogP contribution in [-0.2, 0) is 4.74 Å². The molecule has 0 aromatic carbocycles. The van der Waals surface area contributed by atoms with E-state index in [-0.39, 0.29) is 5.75 Å². The molecule has 102 valence electrons. The standard InChI is InChI=1S/C8H7BF6NO2/c10-8(11,12)4-17-5-18-7-1-6(2-16-3-7)9(13,14)15/h1-3H,4-5H2/q-1. The van der Waals surface area contributed by atoms with Gasteiger partial charge in [0.25, 0.3) is 0 Å². The summed E-state index contributed by atoms with van der Waals surface area (Å²) >= 11 is 0. The summed E-state index contributed by atoms with van der Waals surface area (Å²) in [7, 11) is 0. The summed E-state index contributed by atoms with van der Waals surface area (Å²) in [6.07, 6.45) is -2.97. The maximum Gasteiger partial charge on any atom is 0.511 e. The minimum Gasteiger partial charge on any atom is -0.466 e. The second-order valence-corrected chi connectivity index (χ2v) is 3.25. The predicted octanol–water partition coefficient (Wildman–Crippen LogP) is 2.05. The van der Waals surface area contributed by atoms with Crippen LogP contribution in [0.4, 0.5) is 26.1 Å². The van der Waals surface area contributed by atoms with Crippen molar-refractivity contribution in [1.29, 1.82) is 0 Å². The van der Waals surface area contributed by atoms with Gasteiger partial charge in [-0.2, -0.15) is 13.2 Å². The van der Waals surface area contributed by atoms with Crippen LogP contribution in [0.1, 0.15) is 0 Å². The Morgan fingerprint density at radius 1 is 1.17 bits per heavy atom. The van der Waals surface area contributed by atoms with Crippen molar-refractivity contribution in [3.63, 3.8) is 0 Å². The summed E-state index contributed by atoms with van der Waals surface area (Å²) in [6, 6.07) is 0.643. The van der Waals surface area contributed by atoms with Crippen LogP contribution in [0.15, 0.2) is 18.5 Å². The highest BCUT2D eigenvalue weighted by Gasteiger charge is 2.28. The third-order valence-corrected chi connectivity index (χ3v) is 1.69. The van der Waals surface area contributed by atoms with Crippen molar-refractivity contribution in [3.8, 4) is 5.75 Å². The van der Waals surface area contributed by atoms with E-state index >= 15 is 0 Å².